The topological polar surface area (TPSA) is 57.1 Å². The minimum absolute atomic E-state index is 0.0909. The minimum Gasteiger partial charge on any atom is -0.324 e. The second kappa shape index (κ2) is 9.61. The molecule has 1 fully saturated rings. The molecule has 33 heavy (non-hydrogen) atoms. The summed E-state index contributed by atoms with van der Waals surface area (Å²) in [7, 11) is 2.14. The van der Waals surface area contributed by atoms with Gasteiger partial charge in [-0.1, -0.05) is 80.5 Å². The minimum atomic E-state index is -0.411. The Morgan fingerprint density at radius 2 is 1.76 bits per heavy atom. The van der Waals surface area contributed by atoms with Crippen molar-refractivity contribution >= 4 is 45.7 Å². The molecule has 0 atom stereocenters. The van der Waals surface area contributed by atoms with Crippen LogP contribution in [0.4, 0.5) is 5.69 Å². The lowest BCUT2D eigenvalue weighted by atomic mass is 9.86. The number of benzene rings is 2. The number of nitrogens with one attached hydrogen (secondary N) is 1. The number of anilines is 1. The first kappa shape index (κ1) is 24.0. The normalized spacial score (nSPS) is 18.2. The number of piperidine rings is 1. The lowest BCUT2D eigenvalue weighted by Crippen LogP contribution is -2.39. The number of amides is 1. The molecule has 1 spiro atoms. The average Bonchev–Trinajstić information content (AvgIpc) is 3.14. The van der Waals surface area contributed by atoms with E-state index in [-0.39, 0.29) is 17.1 Å². The number of hydrogen-bond acceptors (Lipinski definition) is 5. The van der Waals surface area contributed by atoms with Crippen molar-refractivity contribution in [2.24, 2.45) is 9.98 Å². The maximum atomic E-state index is 12.6. The molecule has 2 aromatic carbocycles. The molecule has 2 aromatic rings. The molecule has 2 aliphatic heterocycles. The first-order valence-corrected chi connectivity index (χ1v) is 12.7. The van der Waals surface area contributed by atoms with E-state index in [1.54, 1.807) is 12.1 Å². The number of rotatable bonds is 4. The molecule has 7 heteroatoms. The molecule has 0 aliphatic carbocycles. The standard InChI is InChI=1S/C26H31ClN4OS/c1-25(2,3)19-11-9-18(10-12-19)23-24(30-26(29-23)13-15-31(4)16-14-26)33-17-22(32)28-21-8-6-5-7-20(21)27/h5-12H,13-17H2,1-4H3,(H,28,32). The SMILES string of the molecule is CN1CCC2(CC1)N=C(SCC(=O)Nc1ccccc1Cl)C(c1ccc(C(C)(C)C)cc1)=N2. The number of carbonyl (C=O) groups excluding carboxylic acids is 1. The van der Waals surface area contributed by atoms with E-state index in [0.29, 0.717) is 10.7 Å². The van der Waals surface area contributed by atoms with Gasteiger partial charge in [0.05, 0.1) is 22.2 Å². The van der Waals surface area contributed by atoms with Crippen LogP contribution in [0.15, 0.2) is 58.5 Å². The first-order chi connectivity index (χ1) is 15.7. The van der Waals surface area contributed by atoms with Crippen LogP contribution in [-0.2, 0) is 10.2 Å². The third kappa shape index (κ3) is 5.68. The van der Waals surface area contributed by atoms with Crippen molar-refractivity contribution in [1.29, 1.82) is 0 Å². The molecule has 5 nitrogen and oxygen atoms in total. The Morgan fingerprint density at radius 1 is 1.09 bits per heavy atom. The molecular weight excluding hydrogens is 452 g/mol. The summed E-state index contributed by atoms with van der Waals surface area (Å²) in [4.78, 5) is 25.2. The van der Waals surface area contributed by atoms with Gasteiger partial charge in [-0.25, -0.2) is 4.99 Å². The van der Waals surface area contributed by atoms with Gasteiger partial charge in [-0.15, -0.1) is 0 Å². The zero-order valence-electron chi connectivity index (χ0n) is 19.7. The van der Waals surface area contributed by atoms with E-state index in [4.69, 9.17) is 21.6 Å². The molecule has 2 heterocycles. The molecule has 174 valence electrons. The molecule has 0 aromatic heterocycles. The van der Waals surface area contributed by atoms with Gasteiger partial charge in [-0.2, -0.15) is 0 Å². The van der Waals surface area contributed by atoms with Crippen LogP contribution in [0.25, 0.3) is 0 Å². The number of para-hydroxylation sites is 1. The molecule has 0 unspecified atom stereocenters. The summed E-state index contributed by atoms with van der Waals surface area (Å²) >= 11 is 7.63. The average molecular weight is 483 g/mol. The molecule has 1 N–H and O–H groups in total. The van der Waals surface area contributed by atoms with Crippen LogP contribution in [0.5, 0.6) is 0 Å². The van der Waals surface area contributed by atoms with Crippen molar-refractivity contribution in [2.45, 2.75) is 44.7 Å². The van der Waals surface area contributed by atoms with Crippen molar-refractivity contribution in [3.8, 4) is 0 Å². The lowest BCUT2D eigenvalue weighted by Gasteiger charge is -2.33. The molecule has 1 saturated heterocycles. The predicted octanol–water partition coefficient (Wildman–Crippen LogP) is 5.63. The molecule has 0 saturated carbocycles. The highest BCUT2D eigenvalue weighted by Crippen LogP contribution is 2.35. The van der Waals surface area contributed by atoms with E-state index in [1.165, 1.54) is 17.3 Å². The molecular formula is C26H31ClN4OS. The van der Waals surface area contributed by atoms with Crippen LogP contribution >= 0.6 is 23.4 Å². The zero-order chi connectivity index (χ0) is 23.6. The number of thioether (sulfide) groups is 1. The Kier molecular flexibility index (Phi) is 6.99. The molecule has 4 rings (SSSR count). The third-order valence-electron chi connectivity index (χ3n) is 6.13. The van der Waals surface area contributed by atoms with Gasteiger partial charge in [-0.3, -0.25) is 9.79 Å². The van der Waals surface area contributed by atoms with Gasteiger partial charge >= 0.3 is 0 Å². The van der Waals surface area contributed by atoms with Gasteiger partial charge < -0.3 is 10.2 Å². The Balaban J connectivity index is 1.54. The van der Waals surface area contributed by atoms with E-state index in [9.17, 15) is 4.79 Å². The maximum absolute atomic E-state index is 12.6. The highest BCUT2D eigenvalue weighted by Gasteiger charge is 2.39. The summed E-state index contributed by atoms with van der Waals surface area (Å²) < 4.78 is 0. The third-order valence-corrected chi connectivity index (χ3v) is 7.43. The summed E-state index contributed by atoms with van der Waals surface area (Å²) in [5.41, 5.74) is 3.53. The lowest BCUT2D eigenvalue weighted by molar-refractivity contribution is -0.113. The van der Waals surface area contributed by atoms with E-state index < -0.39 is 5.66 Å². The highest BCUT2D eigenvalue weighted by atomic mass is 35.5. The van der Waals surface area contributed by atoms with Gasteiger partial charge in [0.1, 0.15) is 5.04 Å². The van der Waals surface area contributed by atoms with E-state index in [2.05, 4.69) is 62.3 Å². The quantitative estimate of drug-likeness (QED) is 0.614. The summed E-state index contributed by atoms with van der Waals surface area (Å²) in [5, 5.41) is 4.27. The number of halogens is 1. The van der Waals surface area contributed by atoms with Crippen LogP contribution in [-0.4, -0.2) is 53.1 Å². The second-order valence-corrected chi connectivity index (χ2v) is 11.2. The monoisotopic (exact) mass is 482 g/mol. The van der Waals surface area contributed by atoms with E-state index in [0.717, 1.165) is 42.3 Å². The van der Waals surface area contributed by atoms with Crippen LogP contribution in [0.3, 0.4) is 0 Å². The van der Waals surface area contributed by atoms with Crippen LogP contribution in [0, 0.1) is 0 Å². The van der Waals surface area contributed by atoms with Crippen LogP contribution in [0.2, 0.25) is 5.02 Å². The summed E-state index contributed by atoms with van der Waals surface area (Å²) in [5.74, 6) is 0.140. The van der Waals surface area contributed by atoms with Gasteiger partial charge in [0.25, 0.3) is 0 Å². The number of carbonyl (C=O) groups is 1. The van der Waals surface area contributed by atoms with Crippen molar-refractivity contribution in [3.63, 3.8) is 0 Å². The van der Waals surface area contributed by atoms with Crippen molar-refractivity contribution < 1.29 is 4.79 Å². The van der Waals surface area contributed by atoms with Crippen molar-refractivity contribution in [1.82, 2.24) is 4.90 Å². The molecule has 2 aliphatic rings. The Hall–Kier alpha value is -2.15. The summed E-state index contributed by atoms with van der Waals surface area (Å²) in [6.45, 7) is 8.57. The summed E-state index contributed by atoms with van der Waals surface area (Å²) in [6.07, 6.45) is 1.78. The van der Waals surface area contributed by atoms with Crippen molar-refractivity contribution in [3.05, 3.63) is 64.7 Å². The zero-order valence-corrected chi connectivity index (χ0v) is 21.3. The molecule has 0 bridgehead atoms. The van der Waals surface area contributed by atoms with Crippen LogP contribution < -0.4 is 5.32 Å². The van der Waals surface area contributed by atoms with E-state index >= 15 is 0 Å². The Bertz CT molecular complexity index is 1080. The van der Waals surface area contributed by atoms with Crippen molar-refractivity contribution in [2.75, 3.05) is 31.2 Å². The fourth-order valence-electron chi connectivity index (χ4n) is 4.02. The largest absolute Gasteiger partial charge is 0.324 e. The van der Waals surface area contributed by atoms with Crippen LogP contribution in [0.1, 0.15) is 44.7 Å². The van der Waals surface area contributed by atoms with Gasteiger partial charge in [0.2, 0.25) is 5.91 Å². The summed E-state index contributed by atoms with van der Waals surface area (Å²) in [6, 6.07) is 15.9. The molecule has 1 amide bonds. The number of aliphatic imine (C=N–C) groups is 2. The Labute approximate surface area is 205 Å². The van der Waals surface area contributed by atoms with E-state index in [1.807, 2.05) is 12.1 Å². The molecule has 0 radical (unpaired) electrons. The first-order valence-electron chi connectivity index (χ1n) is 11.3. The number of likely N-dealkylation sites (tertiary alicyclic amines) is 1. The van der Waals surface area contributed by atoms with Gasteiger partial charge in [0.15, 0.2) is 5.66 Å². The predicted molar refractivity (Wildman–Crippen MR) is 141 cm³/mol. The maximum Gasteiger partial charge on any atom is 0.234 e. The fourth-order valence-corrected chi connectivity index (χ4v) is 5.08. The smallest absolute Gasteiger partial charge is 0.234 e. The Morgan fingerprint density at radius 3 is 2.39 bits per heavy atom. The fraction of sp³-hybridized carbons (Fsp3) is 0.423. The number of hydrogen-bond donors (Lipinski definition) is 1. The highest BCUT2D eigenvalue weighted by molar-refractivity contribution is 8.16. The van der Waals surface area contributed by atoms with Gasteiger partial charge in [0, 0.05) is 31.5 Å². The number of nitrogens with zero attached hydrogens (tertiary/aromatic N) is 3. The second-order valence-electron chi connectivity index (χ2n) is 9.81. The van der Waals surface area contributed by atoms with Gasteiger partial charge in [-0.05, 0) is 30.2 Å².